The van der Waals surface area contributed by atoms with Crippen LogP contribution in [0.5, 0.6) is 5.75 Å². The molecule has 0 saturated carbocycles. The molecule has 0 aliphatic rings. The van der Waals surface area contributed by atoms with E-state index >= 15 is 0 Å². The van der Waals surface area contributed by atoms with E-state index < -0.39 is 0 Å². The van der Waals surface area contributed by atoms with Crippen LogP contribution in [0.1, 0.15) is 30.9 Å². The minimum Gasteiger partial charge on any atom is -0.497 e. The zero-order valence-electron chi connectivity index (χ0n) is 16.2. The van der Waals surface area contributed by atoms with Crippen molar-refractivity contribution in [3.05, 3.63) is 59.7 Å². The molecule has 0 radical (unpaired) electrons. The molecule has 0 heterocycles. The van der Waals surface area contributed by atoms with Gasteiger partial charge in [-0.3, -0.25) is 9.79 Å². The smallest absolute Gasteiger partial charge is 0.224 e. The summed E-state index contributed by atoms with van der Waals surface area (Å²) in [5, 5.41) is 9.49. The second-order valence-corrected chi connectivity index (χ2v) is 6.13. The highest BCUT2D eigenvalue weighted by molar-refractivity contribution is 5.90. The van der Waals surface area contributed by atoms with Crippen molar-refractivity contribution in [2.24, 2.45) is 4.99 Å². The number of guanidine groups is 1. The van der Waals surface area contributed by atoms with Gasteiger partial charge in [-0.1, -0.05) is 31.2 Å². The maximum Gasteiger partial charge on any atom is 0.224 e. The minimum atomic E-state index is 0.0402. The molecule has 0 aliphatic heterocycles. The lowest BCUT2D eigenvalue weighted by Gasteiger charge is -2.13. The number of amides is 1. The molecule has 0 spiro atoms. The molecule has 0 fully saturated rings. The highest BCUT2D eigenvalue weighted by Gasteiger charge is 2.03. The number of nitrogens with zero attached hydrogens (tertiary/aromatic N) is 1. The Kier molecular flexibility index (Phi) is 8.16. The van der Waals surface area contributed by atoms with Gasteiger partial charge in [0.25, 0.3) is 0 Å². The number of carbonyl (C=O) groups is 1. The van der Waals surface area contributed by atoms with E-state index in [0.717, 1.165) is 29.0 Å². The first-order chi connectivity index (χ1) is 13.1. The fourth-order valence-electron chi connectivity index (χ4n) is 2.58. The summed E-state index contributed by atoms with van der Waals surface area (Å²) in [6.45, 7) is 3.24. The number of ether oxygens (including phenoxy) is 1. The number of methoxy groups -OCH3 is 1. The second-order valence-electron chi connectivity index (χ2n) is 6.13. The fraction of sp³-hybridized carbons (Fsp3) is 0.333. The first kappa shape index (κ1) is 20.3. The third-order valence-electron chi connectivity index (χ3n) is 3.97. The molecular weight excluding hydrogens is 340 g/mol. The van der Waals surface area contributed by atoms with E-state index in [4.69, 9.17) is 4.74 Å². The Hall–Kier alpha value is -3.02. The number of benzene rings is 2. The molecule has 0 saturated heterocycles. The summed E-state index contributed by atoms with van der Waals surface area (Å²) >= 11 is 0. The van der Waals surface area contributed by atoms with Crippen LogP contribution in [0.4, 0.5) is 5.69 Å². The largest absolute Gasteiger partial charge is 0.497 e. The van der Waals surface area contributed by atoms with E-state index in [-0.39, 0.29) is 5.91 Å². The first-order valence-electron chi connectivity index (χ1n) is 9.10. The lowest BCUT2D eigenvalue weighted by molar-refractivity contribution is -0.116. The van der Waals surface area contributed by atoms with Crippen LogP contribution in [0.3, 0.4) is 0 Å². The van der Waals surface area contributed by atoms with Crippen LogP contribution in [0, 0.1) is 0 Å². The average Bonchev–Trinajstić information content (AvgIpc) is 2.68. The van der Waals surface area contributed by atoms with E-state index in [0.29, 0.717) is 25.5 Å². The van der Waals surface area contributed by atoms with E-state index in [1.807, 2.05) is 55.5 Å². The Morgan fingerprint density at radius 2 is 1.70 bits per heavy atom. The number of hydrogen-bond acceptors (Lipinski definition) is 3. The Morgan fingerprint density at radius 3 is 2.33 bits per heavy atom. The summed E-state index contributed by atoms with van der Waals surface area (Å²) in [5.41, 5.74) is 2.98. The van der Waals surface area contributed by atoms with E-state index in [9.17, 15) is 4.79 Å². The molecule has 2 aromatic rings. The summed E-state index contributed by atoms with van der Waals surface area (Å²) in [5.74, 6) is 1.58. The summed E-state index contributed by atoms with van der Waals surface area (Å²) in [7, 11) is 3.40. The van der Waals surface area contributed by atoms with Crippen LogP contribution in [0.15, 0.2) is 53.5 Å². The molecule has 0 unspecified atom stereocenters. The lowest BCUT2D eigenvalue weighted by Crippen LogP contribution is -2.36. The van der Waals surface area contributed by atoms with Crippen molar-refractivity contribution in [1.82, 2.24) is 10.6 Å². The summed E-state index contributed by atoms with van der Waals surface area (Å²) in [6, 6.07) is 15.7. The van der Waals surface area contributed by atoms with Crippen molar-refractivity contribution in [3.8, 4) is 5.75 Å². The predicted octanol–water partition coefficient (Wildman–Crippen LogP) is 3.30. The van der Waals surface area contributed by atoms with Crippen LogP contribution in [-0.4, -0.2) is 26.0 Å². The fourth-order valence-corrected chi connectivity index (χ4v) is 2.58. The molecule has 0 aliphatic carbocycles. The minimum absolute atomic E-state index is 0.0402. The van der Waals surface area contributed by atoms with Crippen molar-refractivity contribution in [2.75, 3.05) is 19.5 Å². The first-order valence-corrected chi connectivity index (χ1v) is 9.10. The summed E-state index contributed by atoms with van der Waals surface area (Å²) < 4.78 is 5.24. The molecule has 0 atom stereocenters. The third kappa shape index (κ3) is 7.01. The van der Waals surface area contributed by atoms with Crippen molar-refractivity contribution in [2.45, 2.75) is 32.9 Å². The van der Waals surface area contributed by atoms with Gasteiger partial charge in [0, 0.05) is 32.2 Å². The zero-order chi connectivity index (χ0) is 19.5. The Labute approximate surface area is 161 Å². The van der Waals surface area contributed by atoms with Gasteiger partial charge < -0.3 is 20.7 Å². The maximum absolute atomic E-state index is 11.7. The van der Waals surface area contributed by atoms with E-state index in [1.165, 1.54) is 0 Å². The monoisotopic (exact) mass is 368 g/mol. The van der Waals surface area contributed by atoms with Gasteiger partial charge in [-0.2, -0.15) is 0 Å². The molecular formula is C21H28N4O2. The predicted molar refractivity (Wildman–Crippen MR) is 110 cm³/mol. The molecule has 0 aromatic heterocycles. The molecule has 6 nitrogen and oxygen atoms in total. The summed E-state index contributed by atoms with van der Waals surface area (Å²) in [6.07, 6.45) is 1.37. The van der Waals surface area contributed by atoms with Gasteiger partial charge in [-0.25, -0.2) is 0 Å². The molecule has 144 valence electrons. The van der Waals surface area contributed by atoms with Gasteiger partial charge in [0.1, 0.15) is 5.75 Å². The van der Waals surface area contributed by atoms with Gasteiger partial charge >= 0.3 is 0 Å². The molecule has 2 aromatic carbocycles. The van der Waals surface area contributed by atoms with Gasteiger partial charge in [0.15, 0.2) is 5.96 Å². The van der Waals surface area contributed by atoms with Crippen LogP contribution in [0.2, 0.25) is 0 Å². The maximum atomic E-state index is 11.7. The quantitative estimate of drug-likeness (QED) is 0.494. The van der Waals surface area contributed by atoms with Crippen molar-refractivity contribution >= 4 is 17.6 Å². The topological polar surface area (TPSA) is 74.8 Å². The van der Waals surface area contributed by atoms with E-state index in [1.54, 1.807) is 14.2 Å². The van der Waals surface area contributed by atoms with Gasteiger partial charge in [-0.05, 0) is 41.8 Å². The van der Waals surface area contributed by atoms with Crippen molar-refractivity contribution < 1.29 is 9.53 Å². The van der Waals surface area contributed by atoms with Crippen LogP contribution < -0.4 is 20.7 Å². The van der Waals surface area contributed by atoms with Crippen molar-refractivity contribution in [3.63, 3.8) is 0 Å². The number of aliphatic imine (C=N–C) groups is 1. The molecule has 2 rings (SSSR count). The Bertz CT molecular complexity index is 774. The lowest BCUT2D eigenvalue weighted by atomic mass is 10.2. The standard InChI is InChI=1S/C21H28N4O2/c1-4-7-20(26)25-18-10-5-8-16(12-18)14-23-21(22-2)24-15-17-9-6-11-19(13-17)27-3/h5-6,8-13H,4,7,14-15H2,1-3H3,(H,25,26)(H2,22,23,24). The van der Waals surface area contributed by atoms with Crippen molar-refractivity contribution in [1.29, 1.82) is 0 Å². The SMILES string of the molecule is CCCC(=O)Nc1cccc(CNC(=NC)NCc2cccc(OC)c2)c1. The number of nitrogens with one attached hydrogen (secondary N) is 3. The molecule has 3 N–H and O–H groups in total. The highest BCUT2D eigenvalue weighted by Crippen LogP contribution is 2.13. The summed E-state index contributed by atoms with van der Waals surface area (Å²) in [4.78, 5) is 16.0. The van der Waals surface area contributed by atoms with E-state index in [2.05, 4.69) is 20.9 Å². The van der Waals surface area contributed by atoms with Crippen LogP contribution >= 0.6 is 0 Å². The van der Waals surface area contributed by atoms with Crippen LogP contribution in [-0.2, 0) is 17.9 Å². The molecule has 27 heavy (non-hydrogen) atoms. The zero-order valence-corrected chi connectivity index (χ0v) is 16.2. The van der Waals surface area contributed by atoms with Gasteiger partial charge in [0.05, 0.1) is 7.11 Å². The molecule has 1 amide bonds. The molecule has 0 bridgehead atoms. The van der Waals surface area contributed by atoms with Gasteiger partial charge in [0.2, 0.25) is 5.91 Å². The number of carbonyl (C=O) groups excluding carboxylic acids is 1. The molecule has 6 heteroatoms. The normalized spacial score (nSPS) is 11.0. The average molecular weight is 368 g/mol. The number of hydrogen-bond donors (Lipinski definition) is 3. The number of anilines is 1. The number of rotatable bonds is 8. The van der Waals surface area contributed by atoms with Crippen LogP contribution in [0.25, 0.3) is 0 Å². The Morgan fingerprint density at radius 1 is 1.04 bits per heavy atom. The third-order valence-corrected chi connectivity index (χ3v) is 3.97. The van der Waals surface area contributed by atoms with Gasteiger partial charge in [-0.15, -0.1) is 0 Å². The highest BCUT2D eigenvalue weighted by atomic mass is 16.5. The second kappa shape index (κ2) is 10.9. The Balaban J connectivity index is 1.87.